The molecule has 6 heteroatoms. The number of carbonyl (C=O) groups is 1. The van der Waals surface area contributed by atoms with Crippen molar-refractivity contribution in [2.24, 2.45) is 0 Å². The van der Waals surface area contributed by atoms with Gasteiger partial charge in [-0.25, -0.2) is 0 Å². The summed E-state index contributed by atoms with van der Waals surface area (Å²) in [5.74, 6) is 0.0446. The molecule has 27 heavy (non-hydrogen) atoms. The number of hydrogen-bond donors (Lipinski definition) is 1. The molecule has 3 rings (SSSR count). The summed E-state index contributed by atoms with van der Waals surface area (Å²) in [6.45, 7) is 0. The Morgan fingerprint density at radius 2 is 1.44 bits per heavy atom. The molecule has 0 aromatic heterocycles. The summed E-state index contributed by atoms with van der Waals surface area (Å²) < 4.78 is 1.93. The quantitative estimate of drug-likeness (QED) is 0.330. The maximum atomic E-state index is 12.8. The fraction of sp³-hybridized carbons (Fsp3) is 0.0952. The van der Waals surface area contributed by atoms with Gasteiger partial charge in [-0.15, -0.1) is 0 Å². The van der Waals surface area contributed by atoms with E-state index in [2.05, 4.69) is 37.2 Å². The second-order valence-corrected chi connectivity index (χ2v) is 8.66. The summed E-state index contributed by atoms with van der Waals surface area (Å²) >= 11 is 19.1. The Labute approximate surface area is 185 Å². The van der Waals surface area contributed by atoms with E-state index in [1.54, 1.807) is 12.1 Å². The third-order valence-electron chi connectivity index (χ3n) is 4.09. The highest BCUT2D eigenvalue weighted by Gasteiger charge is 2.18. The number of hydrogen-bond acceptors (Lipinski definition) is 2. The smallest absolute Gasteiger partial charge is 0.165 e. The minimum Gasteiger partial charge on any atom is -0.378 e. The van der Waals surface area contributed by atoms with Crippen molar-refractivity contribution in [2.75, 3.05) is 5.32 Å². The van der Waals surface area contributed by atoms with Gasteiger partial charge in [-0.3, -0.25) is 4.79 Å². The minimum atomic E-state index is -0.239. The number of benzene rings is 3. The first kappa shape index (κ1) is 20.4. The second-order valence-electron chi connectivity index (χ2n) is 6.01. The van der Waals surface area contributed by atoms with Crippen LogP contribution >= 0.6 is 55.1 Å². The molecular formula is C21H15Br2Cl2NO. The van der Waals surface area contributed by atoms with Crippen molar-refractivity contribution >= 4 is 66.5 Å². The normalized spacial score (nSPS) is 11.9. The molecule has 3 aromatic rings. The molecule has 0 radical (unpaired) electrons. The van der Waals surface area contributed by atoms with E-state index in [0.717, 1.165) is 20.2 Å². The minimum absolute atomic E-state index is 0.0446. The lowest BCUT2D eigenvalue weighted by molar-refractivity contribution is 0.0976. The summed E-state index contributed by atoms with van der Waals surface area (Å²) in [4.78, 5) is 12.8. The molecule has 2 nitrogen and oxygen atoms in total. The van der Waals surface area contributed by atoms with Gasteiger partial charge in [0.15, 0.2) is 5.78 Å². The lowest BCUT2D eigenvalue weighted by Gasteiger charge is -2.21. The summed E-state index contributed by atoms with van der Waals surface area (Å²) in [5.41, 5.74) is 2.48. The predicted molar refractivity (Wildman–Crippen MR) is 120 cm³/mol. The zero-order valence-electron chi connectivity index (χ0n) is 14.1. The number of rotatable bonds is 6. The van der Waals surface area contributed by atoms with Crippen molar-refractivity contribution in [1.29, 1.82) is 0 Å². The van der Waals surface area contributed by atoms with Crippen molar-refractivity contribution in [3.05, 3.63) is 96.8 Å². The molecule has 1 atom stereocenters. The topological polar surface area (TPSA) is 29.1 Å². The van der Waals surface area contributed by atoms with Gasteiger partial charge in [-0.05, 0) is 54.1 Å². The van der Waals surface area contributed by atoms with Crippen LogP contribution in [-0.4, -0.2) is 5.78 Å². The van der Waals surface area contributed by atoms with Crippen molar-refractivity contribution in [3.63, 3.8) is 0 Å². The van der Waals surface area contributed by atoms with Gasteiger partial charge in [0.1, 0.15) is 0 Å². The summed E-state index contributed by atoms with van der Waals surface area (Å²) in [6.07, 6.45) is 0.287. The Hall–Kier alpha value is -1.33. The van der Waals surface area contributed by atoms with Crippen LogP contribution in [0.25, 0.3) is 0 Å². The Bertz CT molecular complexity index is 943. The first-order valence-electron chi connectivity index (χ1n) is 8.18. The van der Waals surface area contributed by atoms with Crippen molar-refractivity contribution in [2.45, 2.75) is 12.5 Å². The van der Waals surface area contributed by atoms with Gasteiger partial charge in [0.25, 0.3) is 0 Å². The first-order valence-corrected chi connectivity index (χ1v) is 10.5. The SMILES string of the molecule is O=C(CC(Nc1ccc(Br)cc1)c1ccc(Cl)c(Cl)c1)c1ccc(Br)cc1. The van der Waals surface area contributed by atoms with Crippen LogP contribution in [0.15, 0.2) is 75.7 Å². The monoisotopic (exact) mass is 525 g/mol. The van der Waals surface area contributed by atoms with E-state index in [-0.39, 0.29) is 18.2 Å². The Kier molecular flexibility index (Phi) is 6.99. The molecule has 0 saturated heterocycles. The lowest BCUT2D eigenvalue weighted by atomic mass is 9.97. The van der Waals surface area contributed by atoms with E-state index < -0.39 is 0 Å². The molecule has 3 aromatic carbocycles. The van der Waals surface area contributed by atoms with Crippen LogP contribution in [0.1, 0.15) is 28.4 Å². The molecule has 1 unspecified atom stereocenters. The summed E-state index contributed by atoms with van der Waals surface area (Å²) in [6, 6.07) is 20.4. The van der Waals surface area contributed by atoms with Gasteiger partial charge in [-0.2, -0.15) is 0 Å². The molecule has 0 fully saturated rings. The van der Waals surface area contributed by atoms with Crippen LogP contribution in [0, 0.1) is 0 Å². The fourth-order valence-electron chi connectivity index (χ4n) is 2.67. The molecular weight excluding hydrogens is 513 g/mol. The largest absolute Gasteiger partial charge is 0.378 e. The average molecular weight is 528 g/mol. The molecule has 0 bridgehead atoms. The maximum Gasteiger partial charge on any atom is 0.165 e. The number of halogens is 4. The highest BCUT2D eigenvalue weighted by molar-refractivity contribution is 9.10. The molecule has 0 aliphatic rings. The van der Waals surface area contributed by atoms with Crippen LogP contribution in [0.4, 0.5) is 5.69 Å². The molecule has 1 N–H and O–H groups in total. The van der Waals surface area contributed by atoms with Crippen molar-refractivity contribution < 1.29 is 4.79 Å². The van der Waals surface area contributed by atoms with Gasteiger partial charge < -0.3 is 5.32 Å². The van der Waals surface area contributed by atoms with E-state index in [1.807, 2.05) is 54.6 Å². The number of Topliss-reactive ketones (excluding diaryl/α,β-unsaturated/α-hetero) is 1. The Balaban J connectivity index is 1.88. The van der Waals surface area contributed by atoms with Crippen molar-refractivity contribution in [1.82, 2.24) is 0 Å². The van der Waals surface area contributed by atoms with E-state index in [1.165, 1.54) is 0 Å². The van der Waals surface area contributed by atoms with Crippen LogP contribution in [0.3, 0.4) is 0 Å². The van der Waals surface area contributed by atoms with Crippen LogP contribution in [0.2, 0.25) is 10.0 Å². The van der Waals surface area contributed by atoms with E-state index in [4.69, 9.17) is 23.2 Å². The van der Waals surface area contributed by atoms with Crippen LogP contribution in [0.5, 0.6) is 0 Å². The highest BCUT2D eigenvalue weighted by Crippen LogP contribution is 2.30. The van der Waals surface area contributed by atoms with Crippen molar-refractivity contribution in [3.8, 4) is 0 Å². The van der Waals surface area contributed by atoms with E-state index in [9.17, 15) is 4.79 Å². The molecule has 0 amide bonds. The number of anilines is 1. The molecule has 0 heterocycles. The molecule has 0 saturated carbocycles. The third kappa shape index (κ3) is 5.58. The third-order valence-corrected chi connectivity index (χ3v) is 5.88. The lowest BCUT2D eigenvalue weighted by Crippen LogP contribution is -2.16. The van der Waals surface area contributed by atoms with Gasteiger partial charge in [-0.1, -0.05) is 73.3 Å². The highest BCUT2D eigenvalue weighted by atomic mass is 79.9. The summed E-state index contributed by atoms with van der Waals surface area (Å²) in [5, 5.41) is 4.38. The Morgan fingerprint density at radius 3 is 2.04 bits per heavy atom. The zero-order chi connectivity index (χ0) is 19.4. The molecule has 0 aliphatic carbocycles. The predicted octanol–water partition coefficient (Wildman–Crippen LogP) is 7.94. The Morgan fingerprint density at radius 1 is 0.852 bits per heavy atom. The number of nitrogens with one attached hydrogen (secondary N) is 1. The number of carbonyl (C=O) groups excluding carboxylic acids is 1. The second kappa shape index (κ2) is 9.24. The first-order chi connectivity index (χ1) is 12.9. The van der Waals surface area contributed by atoms with Gasteiger partial charge in [0, 0.05) is 26.6 Å². The van der Waals surface area contributed by atoms with Gasteiger partial charge in [0.05, 0.1) is 16.1 Å². The molecule has 0 spiro atoms. The maximum absolute atomic E-state index is 12.8. The molecule has 138 valence electrons. The van der Waals surface area contributed by atoms with E-state index in [0.29, 0.717) is 15.6 Å². The number of ketones is 1. The van der Waals surface area contributed by atoms with Crippen LogP contribution in [-0.2, 0) is 0 Å². The fourth-order valence-corrected chi connectivity index (χ4v) is 3.50. The average Bonchev–Trinajstić information content (AvgIpc) is 2.65. The van der Waals surface area contributed by atoms with E-state index >= 15 is 0 Å². The van der Waals surface area contributed by atoms with Gasteiger partial charge >= 0.3 is 0 Å². The zero-order valence-corrected chi connectivity index (χ0v) is 18.7. The van der Waals surface area contributed by atoms with Crippen LogP contribution < -0.4 is 5.32 Å². The standard InChI is InChI=1S/C21H15Br2Cl2NO/c22-15-4-1-13(2-5-15)21(27)12-20(14-3-10-18(24)19(25)11-14)26-17-8-6-16(23)7-9-17/h1-11,20,26H,12H2. The summed E-state index contributed by atoms with van der Waals surface area (Å²) in [7, 11) is 0. The van der Waals surface area contributed by atoms with Gasteiger partial charge in [0.2, 0.25) is 0 Å². The molecule has 0 aliphatic heterocycles.